The molecule has 0 radical (unpaired) electrons. The zero-order chi connectivity index (χ0) is 13.0. The normalized spacial score (nSPS) is 12.6. The topological polar surface area (TPSA) is 29.9 Å². The Labute approximate surface area is 107 Å². The van der Waals surface area contributed by atoms with E-state index in [1.807, 2.05) is 13.2 Å². The number of aromatic nitrogens is 2. The van der Waals surface area contributed by atoms with E-state index in [9.17, 15) is 4.39 Å². The smallest absolute Gasteiger partial charge is 0.130 e. The first-order chi connectivity index (χ1) is 8.76. The summed E-state index contributed by atoms with van der Waals surface area (Å²) in [6.45, 7) is 3.07. The van der Waals surface area contributed by atoms with Gasteiger partial charge in [0.1, 0.15) is 11.6 Å². The second-order valence-electron chi connectivity index (χ2n) is 4.25. The lowest BCUT2D eigenvalue weighted by Gasteiger charge is -2.18. The van der Waals surface area contributed by atoms with Crippen LogP contribution in [0.1, 0.15) is 30.8 Å². The van der Waals surface area contributed by atoms with E-state index in [1.165, 1.54) is 12.1 Å². The van der Waals surface area contributed by atoms with Crippen LogP contribution in [0.5, 0.6) is 0 Å². The minimum Gasteiger partial charge on any atom is -0.333 e. The van der Waals surface area contributed by atoms with Crippen LogP contribution in [0, 0.1) is 5.82 Å². The number of rotatable bonds is 5. The molecule has 0 saturated carbocycles. The molecule has 2 rings (SSSR count). The molecular weight excluding hydrogens is 229 g/mol. The van der Waals surface area contributed by atoms with Gasteiger partial charge in [-0.05, 0) is 31.2 Å². The van der Waals surface area contributed by atoms with Crippen molar-refractivity contribution in [2.75, 3.05) is 7.05 Å². The van der Waals surface area contributed by atoms with Crippen LogP contribution >= 0.6 is 0 Å². The number of hydrogen-bond donors (Lipinski definition) is 1. The monoisotopic (exact) mass is 247 g/mol. The van der Waals surface area contributed by atoms with Crippen LogP contribution in [0.2, 0.25) is 0 Å². The highest BCUT2D eigenvalue weighted by Crippen LogP contribution is 2.20. The standard InChI is InChI=1S/C14H18FN3/c1-3-9-18-10-8-17-14(18)13(16-2)11-4-6-12(15)7-5-11/h4-8,10,13,16H,3,9H2,1-2H3. The molecule has 18 heavy (non-hydrogen) atoms. The predicted molar refractivity (Wildman–Crippen MR) is 69.8 cm³/mol. The predicted octanol–water partition coefficient (Wildman–Crippen LogP) is 2.74. The molecule has 0 bridgehead atoms. The van der Waals surface area contributed by atoms with Gasteiger partial charge < -0.3 is 9.88 Å². The zero-order valence-electron chi connectivity index (χ0n) is 10.7. The van der Waals surface area contributed by atoms with E-state index in [0.717, 1.165) is 24.4 Å². The Balaban J connectivity index is 2.32. The van der Waals surface area contributed by atoms with Crippen molar-refractivity contribution in [2.24, 2.45) is 0 Å². The quantitative estimate of drug-likeness (QED) is 0.880. The van der Waals surface area contributed by atoms with E-state index in [-0.39, 0.29) is 11.9 Å². The summed E-state index contributed by atoms with van der Waals surface area (Å²) in [7, 11) is 1.89. The molecule has 96 valence electrons. The largest absolute Gasteiger partial charge is 0.333 e. The maximum Gasteiger partial charge on any atom is 0.130 e. The van der Waals surface area contributed by atoms with Crippen molar-refractivity contribution >= 4 is 0 Å². The highest BCUT2D eigenvalue weighted by atomic mass is 19.1. The van der Waals surface area contributed by atoms with E-state index in [4.69, 9.17) is 0 Å². The first-order valence-corrected chi connectivity index (χ1v) is 6.20. The van der Waals surface area contributed by atoms with Gasteiger partial charge in [-0.15, -0.1) is 0 Å². The number of imidazole rings is 1. The minimum atomic E-state index is -0.217. The van der Waals surface area contributed by atoms with Crippen LogP contribution in [0.3, 0.4) is 0 Å². The van der Waals surface area contributed by atoms with Crippen molar-refractivity contribution < 1.29 is 4.39 Å². The molecule has 2 aromatic rings. The van der Waals surface area contributed by atoms with Crippen molar-refractivity contribution in [2.45, 2.75) is 25.9 Å². The van der Waals surface area contributed by atoms with E-state index in [2.05, 4.69) is 21.8 Å². The molecule has 1 heterocycles. The summed E-state index contributed by atoms with van der Waals surface area (Å²) in [5, 5.41) is 3.23. The Hall–Kier alpha value is -1.68. The van der Waals surface area contributed by atoms with Gasteiger partial charge in [0.2, 0.25) is 0 Å². The lowest BCUT2D eigenvalue weighted by molar-refractivity contribution is 0.566. The molecule has 0 fully saturated rings. The molecule has 0 amide bonds. The Morgan fingerprint density at radius 2 is 2.06 bits per heavy atom. The van der Waals surface area contributed by atoms with Gasteiger partial charge in [-0.1, -0.05) is 19.1 Å². The van der Waals surface area contributed by atoms with Gasteiger partial charge in [-0.2, -0.15) is 0 Å². The Kier molecular flexibility index (Phi) is 4.10. The van der Waals surface area contributed by atoms with Gasteiger partial charge in [0.15, 0.2) is 0 Å². The summed E-state index contributed by atoms with van der Waals surface area (Å²) in [4.78, 5) is 4.41. The number of benzene rings is 1. The van der Waals surface area contributed by atoms with E-state index in [0.29, 0.717) is 0 Å². The van der Waals surface area contributed by atoms with Crippen LogP contribution < -0.4 is 5.32 Å². The minimum absolute atomic E-state index is 0.00727. The summed E-state index contributed by atoms with van der Waals surface area (Å²) in [6, 6.07) is 6.54. The van der Waals surface area contributed by atoms with Crippen molar-refractivity contribution in [1.29, 1.82) is 0 Å². The summed E-state index contributed by atoms with van der Waals surface area (Å²) in [5.74, 6) is 0.747. The molecule has 0 aliphatic rings. The van der Waals surface area contributed by atoms with Crippen LogP contribution in [0.15, 0.2) is 36.7 Å². The maximum absolute atomic E-state index is 13.0. The number of halogens is 1. The van der Waals surface area contributed by atoms with Crippen molar-refractivity contribution in [1.82, 2.24) is 14.9 Å². The third kappa shape index (κ3) is 2.59. The fraction of sp³-hybridized carbons (Fsp3) is 0.357. The fourth-order valence-electron chi connectivity index (χ4n) is 2.11. The van der Waals surface area contributed by atoms with Gasteiger partial charge >= 0.3 is 0 Å². The highest BCUT2D eigenvalue weighted by Gasteiger charge is 2.16. The van der Waals surface area contributed by atoms with Crippen LogP contribution in [-0.4, -0.2) is 16.6 Å². The highest BCUT2D eigenvalue weighted by molar-refractivity contribution is 5.25. The van der Waals surface area contributed by atoms with Crippen molar-refractivity contribution in [3.8, 4) is 0 Å². The Bertz CT molecular complexity index is 490. The number of hydrogen-bond acceptors (Lipinski definition) is 2. The zero-order valence-corrected chi connectivity index (χ0v) is 10.7. The summed E-state index contributed by atoms with van der Waals surface area (Å²) >= 11 is 0. The second kappa shape index (κ2) is 5.78. The lowest BCUT2D eigenvalue weighted by Crippen LogP contribution is -2.22. The Morgan fingerprint density at radius 1 is 1.33 bits per heavy atom. The molecule has 0 aliphatic heterocycles. The van der Waals surface area contributed by atoms with Gasteiger partial charge in [0, 0.05) is 18.9 Å². The first kappa shape index (κ1) is 12.8. The third-order valence-corrected chi connectivity index (χ3v) is 2.96. The SMILES string of the molecule is CCCn1ccnc1C(NC)c1ccc(F)cc1. The summed E-state index contributed by atoms with van der Waals surface area (Å²) in [6.07, 6.45) is 4.84. The van der Waals surface area contributed by atoms with E-state index < -0.39 is 0 Å². The lowest BCUT2D eigenvalue weighted by atomic mass is 10.1. The van der Waals surface area contributed by atoms with Gasteiger partial charge in [-0.3, -0.25) is 0 Å². The van der Waals surface area contributed by atoms with Crippen LogP contribution in [-0.2, 0) is 6.54 Å². The van der Waals surface area contributed by atoms with E-state index in [1.54, 1.807) is 18.3 Å². The molecule has 1 aromatic heterocycles. The number of nitrogens with zero attached hydrogens (tertiary/aromatic N) is 2. The van der Waals surface area contributed by atoms with Gasteiger partial charge in [0.25, 0.3) is 0 Å². The number of aryl methyl sites for hydroxylation is 1. The molecule has 4 heteroatoms. The Morgan fingerprint density at radius 3 is 2.67 bits per heavy atom. The van der Waals surface area contributed by atoms with Crippen molar-refractivity contribution in [3.05, 3.63) is 53.9 Å². The summed E-state index contributed by atoms with van der Waals surface area (Å²) < 4.78 is 15.1. The molecule has 1 N–H and O–H groups in total. The van der Waals surface area contributed by atoms with Crippen LogP contribution in [0.4, 0.5) is 4.39 Å². The molecule has 1 atom stereocenters. The molecule has 3 nitrogen and oxygen atoms in total. The second-order valence-corrected chi connectivity index (χ2v) is 4.25. The molecule has 1 unspecified atom stereocenters. The molecule has 0 spiro atoms. The van der Waals surface area contributed by atoms with E-state index >= 15 is 0 Å². The first-order valence-electron chi connectivity index (χ1n) is 6.20. The van der Waals surface area contributed by atoms with Gasteiger partial charge in [0.05, 0.1) is 6.04 Å². The van der Waals surface area contributed by atoms with Crippen LogP contribution in [0.25, 0.3) is 0 Å². The summed E-state index contributed by atoms with van der Waals surface area (Å²) in [5.41, 5.74) is 1.02. The average molecular weight is 247 g/mol. The molecular formula is C14H18FN3. The fourth-order valence-corrected chi connectivity index (χ4v) is 2.11. The third-order valence-electron chi connectivity index (χ3n) is 2.96. The average Bonchev–Trinajstić information content (AvgIpc) is 2.82. The molecule has 0 saturated heterocycles. The van der Waals surface area contributed by atoms with Crippen molar-refractivity contribution in [3.63, 3.8) is 0 Å². The maximum atomic E-state index is 13.0. The number of nitrogens with one attached hydrogen (secondary N) is 1. The molecule has 0 aliphatic carbocycles. The molecule has 1 aromatic carbocycles. The van der Waals surface area contributed by atoms with Gasteiger partial charge in [-0.25, -0.2) is 9.37 Å².